The maximum absolute atomic E-state index is 12.0. The lowest BCUT2D eigenvalue weighted by Crippen LogP contribution is -2.16. The molecule has 18 heavy (non-hydrogen) atoms. The second kappa shape index (κ2) is 5.05. The number of Topliss-reactive ketones (excluding diaryl/α,β-unsaturated/α-hetero) is 2. The molecule has 0 saturated heterocycles. The Morgan fingerprint density at radius 2 is 1.44 bits per heavy atom. The van der Waals surface area contributed by atoms with E-state index < -0.39 is 5.92 Å². The van der Waals surface area contributed by atoms with Gasteiger partial charge in [0.1, 0.15) is 17.5 Å². The molecule has 0 spiro atoms. The number of rotatable bonds is 3. The van der Waals surface area contributed by atoms with Crippen molar-refractivity contribution in [3.63, 3.8) is 0 Å². The predicted molar refractivity (Wildman–Crippen MR) is 71.9 cm³/mol. The van der Waals surface area contributed by atoms with Crippen molar-refractivity contribution >= 4 is 11.6 Å². The molecule has 1 aliphatic carbocycles. The van der Waals surface area contributed by atoms with E-state index in [9.17, 15) is 9.59 Å². The Bertz CT molecular complexity index is 459. The van der Waals surface area contributed by atoms with Crippen LogP contribution in [-0.4, -0.2) is 11.6 Å². The minimum Gasteiger partial charge on any atom is -0.299 e. The number of carbonyl (C=O) groups excluding carboxylic acids is 2. The minimum atomic E-state index is -0.476. The Morgan fingerprint density at radius 3 is 1.83 bits per heavy atom. The Labute approximate surface area is 108 Å². The highest BCUT2D eigenvalue weighted by Crippen LogP contribution is 2.34. The molecule has 1 aromatic rings. The van der Waals surface area contributed by atoms with Gasteiger partial charge in [-0.25, -0.2) is 0 Å². The summed E-state index contributed by atoms with van der Waals surface area (Å²) in [5.41, 5.74) is 4.56. The summed E-state index contributed by atoms with van der Waals surface area (Å²) >= 11 is 0. The Morgan fingerprint density at radius 1 is 1.00 bits per heavy atom. The zero-order valence-electron chi connectivity index (χ0n) is 11.4. The topological polar surface area (TPSA) is 34.1 Å². The van der Waals surface area contributed by atoms with Gasteiger partial charge in [-0.3, -0.25) is 9.59 Å². The normalized spacial score (nSPS) is 16.6. The lowest BCUT2D eigenvalue weighted by atomic mass is 9.84. The summed E-state index contributed by atoms with van der Waals surface area (Å²) in [4.78, 5) is 24.0. The summed E-state index contributed by atoms with van der Waals surface area (Å²) in [5, 5.41) is 0. The summed E-state index contributed by atoms with van der Waals surface area (Å²) in [5.74, 6) is -0.267. The van der Waals surface area contributed by atoms with Crippen LogP contribution in [-0.2, 0) is 22.4 Å². The first kappa shape index (κ1) is 13.0. The maximum Gasteiger partial charge on any atom is 0.148 e. The van der Waals surface area contributed by atoms with Crippen LogP contribution >= 0.6 is 0 Å². The van der Waals surface area contributed by atoms with Gasteiger partial charge in [0, 0.05) is 12.8 Å². The van der Waals surface area contributed by atoms with Crippen molar-refractivity contribution in [2.45, 2.75) is 52.4 Å². The molecule has 0 unspecified atom stereocenters. The molecule has 0 aliphatic heterocycles. The van der Waals surface area contributed by atoms with Crippen LogP contribution in [0.4, 0.5) is 0 Å². The van der Waals surface area contributed by atoms with E-state index in [-0.39, 0.29) is 11.6 Å². The molecule has 1 saturated carbocycles. The Balaban J connectivity index is 2.61. The van der Waals surface area contributed by atoms with Crippen molar-refractivity contribution < 1.29 is 9.59 Å². The number of hydrogen-bond acceptors (Lipinski definition) is 2. The highest BCUT2D eigenvalue weighted by Gasteiger charge is 2.36. The lowest BCUT2D eigenvalue weighted by molar-refractivity contribution is -0.123. The van der Waals surface area contributed by atoms with E-state index in [4.69, 9.17) is 0 Å². The third-order valence-corrected chi connectivity index (χ3v) is 3.81. The van der Waals surface area contributed by atoms with Gasteiger partial charge in [-0.05, 0) is 36.5 Å². The van der Waals surface area contributed by atoms with Crippen LogP contribution in [0.15, 0.2) is 12.1 Å². The first-order chi connectivity index (χ1) is 8.58. The average molecular weight is 244 g/mol. The third kappa shape index (κ3) is 2.12. The van der Waals surface area contributed by atoms with Gasteiger partial charge in [0.05, 0.1) is 0 Å². The highest BCUT2D eigenvalue weighted by atomic mass is 16.2. The van der Waals surface area contributed by atoms with E-state index in [1.165, 1.54) is 16.7 Å². The van der Waals surface area contributed by atoms with Crippen LogP contribution in [0, 0.1) is 6.92 Å². The van der Waals surface area contributed by atoms with Gasteiger partial charge in [0.25, 0.3) is 0 Å². The lowest BCUT2D eigenvalue weighted by Gasteiger charge is -2.18. The van der Waals surface area contributed by atoms with Crippen LogP contribution in [0.3, 0.4) is 0 Å². The van der Waals surface area contributed by atoms with Gasteiger partial charge in [0.15, 0.2) is 0 Å². The van der Waals surface area contributed by atoms with Crippen molar-refractivity contribution in [1.29, 1.82) is 0 Å². The van der Waals surface area contributed by atoms with Crippen molar-refractivity contribution in [3.05, 3.63) is 34.4 Å². The zero-order valence-corrected chi connectivity index (χ0v) is 11.4. The predicted octanol–water partition coefficient (Wildman–Crippen LogP) is 3.14. The van der Waals surface area contributed by atoms with Crippen molar-refractivity contribution in [1.82, 2.24) is 0 Å². The summed E-state index contributed by atoms with van der Waals surface area (Å²) < 4.78 is 0. The molecule has 2 heteroatoms. The molecule has 1 aromatic carbocycles. The molecule has 0 aromatic heterocycles. The third-order valence-electron chi connectivity index (χ3n) is 3.81. The molecule has 96 valence electrons. The van der Waals surface area contributed by atoms with Crippen LogP contribution in [0.5, 0.6) is 0 Å². The van der Waals surface area contributed by atoms with E-state index >= 15 is 0 Å². The smallest absolute Gasteiger partial charge is 0.148 e. The number of ketones is 2. The van der Waals surface area contributed by atoms with E-state index in [1.54, 1.807) is 0 Å². The molecular formula is C16H20O2. The quantitative estimate of drug-likeness (QED) is 0.765. The molecular weight excluding hydrogens is 224 g/mol. The molecule has 0 heterocycles. The highest BCUT2D eigenvalue weighted by molar-refractivity contribution is 6.13. The first-order valence-electron chi connectivity index (χ1n) is 6.76. The number of benzene rings is 1. The maximum atomic E-state index is 12.0. The summed E-state index contributed by atoms with van der Waals surface area (Å²) in [6, 6.07) is 4.24. The second-order valence-corrected chi connectivity index (χ2v) is 5.07. The molecule has 1 fully saturated rings. The molecule has 0 radical (unpaired) electrons. The molecule has 0 N–H and O–H groups in total. The van der Waals surface area contributed by atoms with Crippen LogP contribution in [0.2, 0.25) is 0 Å². The standard InChI is InChI=1S/C16H20O2/c1-4-11-8-10(3)9-12(5-2)15(11)16-13(17)6-7-14(16)18/h8-9,16H,4-7H2,1-3H3. The summed E-state index contributed by atoms with van der Waals surface area (Å²) in [6.45, 7) is 6.24. The monoisotopic (exact) mass is 244 g/mol. The zero-order chi connectivity index (χ0) is 13.3. The van der Waals surface area contributed by atoms with E-state index in [1.807, 2.05) is 0 Å². The Kier molecular flexibility index (Phi) is 3.65. The number of hydrogen-bond donors (Lipinski definition) is 0. The number of carbonyl (C=O) groups is 2. The minimum absolute atomic E-state index is 0.105. The van der Waals surface area contributed by atoms with Gasteiger partial charge < -0.3 is 0 Å². The van der Waals surface area contributed by atoms with Gasteiger partial charge >= 0.3 is 0 Å². The average Bonchev–Trinajstić information content (AvgIpc) is 2.68. The van der Waals surface area contributed by atoms with Crippen LogP contribution < -0.4 is 0 Å². The van der Waals surface area contributed by atoms with Gasteiger partial charge in [-0.15, -0.1) is 0 Å². The molecule has 2 nitrogen and oxygen atoms in total. The van der Waals surface area contributed by atoms with E-state index in [0.29, 0.717) is 12.8 Å². The van der Waals surface area contributed by atoms with Crippen molar-refractivity contribution in [2.24, 2.45) is 0 Å². The fraction of sp³-hybridized carbons (Fsp3) is 0.500. The van der Waals surface area contributed by atoms with Gasteiger partial charge in [-0.2, -0.15) is 0 Å². The van der Waals surface area contributed by atoms with Crippen LogP contribution in [0.1, 0.15) is 54.9 Å². The molecule has 0 amide bonds. The fourth-order valence-electron chi connectivity index (χ4n) is 2.95. The second-order valence-electron chi connectivity index (χ2n) is 5.07. The molecule has 0 atom stereocenters. The van der Waals surface area contributed by atoms with Crippen molar-refractivity contribution in [2.75, 3.05) is 0 Å². The molecule has 2 rings (SSSR count). The Hall–Kier alpha value is -1.44. The summed E-state index contributed by atoms with van der Waals surface area (Å²) in [7, 11) is 0. The van der Waals surface area contributed by atoms with Gasteiger partial charge in [0.2, 0.25) is 0 Å². The van der Waals surface area contributed by atoms with Gasteiger partial charge in [-0.1, -0.05) is 31.5 Å². The largest absolute Gasteiger partial charge is 0.299 e. The fourth-order valence-corrected chi connectivity index (χ4v) is 2.95. The molecule has 0 bridgehead atoms. The van der Waals surface area contributed by atoms with Crippen molar-refractivity contribution in [3.8, 4) is 0 Å². The first-order valence-corrected chi connectivity index (χ1v) is 6.76. The summed E-state index contributed by atoms with van der Waals surface area (Å²) in [6.07, 6.45) is 2.59. The van der Waals surface area contributed by atoms with E-state index in [0.717, 1.165) is 18.4 Å². The molecule has 1 aliphatic rings. The van der Waals surface area contributed by atoms with Crippen LogP contribution in [0.25, 0.3) is 0 Å². The van der Waals surface area contributed by atoms with E-state index in [2.05, 4.69) is 32.9 Å². The number of aryl methyl sites for hydroxylation is 3. The SMILES string of the molecule is CCc1cc(C)cc(CC)c1C1C(=O)CCC1=O.